The molecule has 4 atom stereocenters. The number of hydrogen-bond donors (Lipinski definition) is 2. The van der Waals surface area contributed by atoms with Gasteiger partial charge in [0.15, 0.2) is 0 Å². The number of carboxylic acid groups (broad SMARTS) is 1. The van der Waals surface area contributed by atoms with Crippen molar-refractivity contribution in [2.75, 3.05) is 6.61 Å². The Morgan fingerprint density at radius 1 is 1.28 bits per heavy atom. The third-order valence-corrected chi connectivity index (χ3v) is 5.03. The highest BCUT2D eigenvalue weighted by Gasteiger charge is 2.39. The van der Waals surface area contributed by atoms with Crippen LogP contribution in [0, 0.1) is 23.7 Å². The van der Waals surface area contributed by atoms with E-state index < -0.39 is 11.9 Å². The second-order valence-corrected chi connectivity index (χ2v) is 5.99. The summed E-state index contributed by atoms with van der Waals surface area (Å²) in [6, 6.07) is 0. The van der Waals surface area contributed by atoms with E-state index in [-0.39, 0.29) is 12.5 Å². The molecule has 2 rings (SSSR count). The highest BCUT2D eigenvalue weighted by Crippen LogP contribution is 2.47. The van der Waals surface area contributed by atoms with E-state index in [2.05, 4.69) is 13.8 Å². The highest BCUT2D eigenvalue weighted by molar-refractivity contribution is 5.71. The first kappa shape index (κ1) is 13.6. The van der Waals surface area contributed by atoms with Gasteiger partial charge < -0.3 is 10.2 Å². The van der Waals surface area contributed by atoms with Gasteiger partial charge in [0.25, 0.3) is 0 Å². The zero-order valence-corrected chi connectivity index (χ0v) is 11.4. The van der Waals surface area contributed by atoms with E-state index >= 15 is 0 Å². The minimum absolute atomic E-state index is 0.0639. The quantitative estimate of drug-likeness (QED) is 0.759. The summed E-state index contributed by atoms with van der Waals surface area (Å²) in [6.45, 7) is 4.25. The van der Waals surface area contributed by atoms with Gasteiger partial charge in [0.05, 0.1) is 12.5 Å². The van der Waals surface area contributed by atoms with Gasteiger partial charge in [-0.1, -0.05) is 25.0 Å². The van der Waals surface area contributed by atoms with Crippen molar-refractivity contribution in [3.63, 3.8) is 0 Å². The summed E-state index contributed by atoms with van der Waals surface area (Å²) in [5.41, 5.74) is 2.87. The van der Waals surface area contributed by atoms with Crippen LogP contribution in [0.1, 0.15) is 46.0 Å². The Labute approximate surface area is 109 Å². The van der Waals surface area contributed by atoms with Crippen molar-refractivity contribution in [1.82, 2.24) is 0 Å². The van der Waals surface area contributed by atoms with E-state index in [4.69, 9.17) is 0 Å². The van der Waals surface area contributed by atoms with Gasteiger partial charge in [-0.15, -0.1) is 0 Å². The zero-order chi connectivity index (χ0) is 13.3. The fraction of sp³-hybridized carbons (Fsp3) is 0.800. The van der Waals surface area contributed by atoms with Crippen LogP contribution in [0.15, 0.2) is 11.1 Å². The molecule has 102 valence electrons. The Morgan fingerprint density at radius 3 is 2.44 bits per heavy atom. The van der Waals surface area contributed by atoms with Crippen molar-refractivity contribution in [1.29, 1.82) is 0 Å². The van der Waals surface area contributed by atoms with Crippen LogP contribution >= 0.6 is 0 Å². The van der Waals surface area contributed by atoms with Gasteiger partial charge in [-0.25, -0.2) is 0 Å². The average molecular weight is 252 g/mol. The van der Waals surface area contributed by atoms with Crippen LogP contribution < -0.4 is 0 Å². The molecule has 0 aromatic carbocycles. The van der Waals surface area contributed by atoms with E-state index in [1.807, 2.05) is 0 Å². The van der Waals surface area contributed by atoms with Gasteiger partial charge in [-0.2, -0.15) is 0 Å². The standard InChI is InChI=1S/C15H24O3/c1-9-7-13(14(8-16)15(17)18)12-6-4-3-5-11(12)10(9)2/h9-10,13-14,16H,3-8H2,1-2H3,(H,17,18). The average Bonchev–Trinajstić information content (AvgIpc) is 2.36. The smallest absolute Gasteiger partial charge is 0.309 e. The lowest BCUT2D eigenvalue weighted by Crippen LogP contribution is -2.36. The normalized spacial score (nSPS) is 34.1. The molecule has 0 aromatic rings. The SMILES string of the molecule is CC1CC(C(CO)C(=O)O)C2=C(CCCC2)C1C. The van der Waals surface area contributed by atoms with Crippen LogP contribution in [0.4, 0.5) is 0 Å². The molecule has 3 heteroatoms. The molecule has 0 fully saturated rings. The van der Waals surface area contributed by atoms with E-state index in [9.17, 15) is 15.0 Å². The number of allylic oxidation sites excluding steroid dienone is 2. The first-order valence-electron chi connectivity index (χ1n) is 7.11. The van der Waals surface area contributed by atoms with Gasteiger partial charge in [-0.3, -0.25) is 4.79 Å². The van der Waals surface area contributed by atoms with Crippen molar-refractivity contribution in [2.24, 2.45) is 23.7 Å². The van der Waals surface area contributed by atoms with E-state index in [0.717, 1.165) is 19.3 Å². The molecule has 0 radical (unpaired) electrons. The minimum atomic E-state index is -0.846. The Kier molecular flexibility index (Phi) is 4.10. The zero-order valence-electron chi connectivity index (χ0n) is 11.4. The van der Waals surface area contributed by atoms with Crippen LogP contribution in [0.3, 0.4) is 0 Å². The van der Waals surface area contributed by atoms with E-state index in [1.165, 1.54) is 24.0 Å². The van der Waals surface area contributed by atoms with Crippen LogP contribution in [0.5, 0.6) is 0 Å². The Morgan fingerprint density at radius 2 is 1.89 bits per heavy atom. The predicted octanol–water partition coefficient (Wildman–Crippen LogP) is 2.84. The number of aliphatic hydroxyl groups is 1. The van der Waals surface area contributed by atoms with Gasteiger partial charge >= 0.3 is 5.97 Å². The maximum absolute atomic E-state index is 11.3. The number of carbonyl (C=O) groups is 1. The summed E-state index contributed by atoms with van der Waals surface area (Å²) in [5.74, 6) is -0.274. The number of carboxylic acids is 1. The fourth-order valence-corrected chi connectivity index (χ4v) is 3.77. The van der Waals surface area contributed by atoms with Gasteiger partial charge in [0, 0.05) is 0 Å². The molecule has 0 aliphatic heterocycles. The molecule has 0 saturated heterocycles. The number of rotatable bonds is 3. The second kappa shape index (κ2) is 5.43. The van der Waals surface area contributed by atoms with Crippen molar-refractivity contribution in [2.45, 2.75) is 46.0 Å². The van der Waals surface area contributed by atoms with Gasteiger partial charge in [0.1, 0.15) is 0 Å². The lowest BCUT2D eigenvalue weighted by Gasteiger charge is -2.41. The first-order chi connectivity index (χ1) is 8.56. The summed E-state index contributed by atoms with van der Waals surface area (Å²) in [6.07, 6.45) is 5.50. The highest BCUT2D eigenvalue weighted by atomic mass is 16.4. The minimum Gasteiger partial charge on any atom is -0.481 e. The van der Waals surface area contributed by atoms with Crippen molar-refractivity contribution >= 4 is 5.97 Å². The molecule has 0 spiro atoms. The molecule has 0 heterocycles. The maximum Gasteiger partial charge on any atom is 0.309 e. The third-order valence-electron chi connectivity index (χ3n) is 5.03. The molecular weight excluding hydrogens is 228 g/mol. The predicted molar refractivity (Wildman–Crippen MR) is 70.1 cm³/mol. The topological polar surface area (TPSA) is 57.5 Å². The molecule has 0 aromatic heterocycles. The van der Waals surface area contributed by atoms with Gasteiger partial charge in [0.2, 0.25) is 0 Å². The van der Waals surface area contributed by atoms with E-state index in [1.54, 1.807) is 0 Å². The molecule has 2 aliphatic rings. The lowest BCUT2D eigenvalue weighted by atomic mass is 9.64. The monoisotopic (exact) mass is 252 g/mol. The lowest BCUT2D eigenvalue weighted by molar-refractivity contribution is -0.145. The van der Waals surface area contributed by atoms with Crippen LogP contribution in [-0.2, 0) is 4.79 Å². The van der Waals surface area contributed by atoms with Crippen molar-refractivity contribution in [3.05, 3.63) is 11.1 Å². The first-order valence-corrected chi connectivity index (χ1v) is 7.11. The maximum atomic E-state index is 11.3. The molecule has 18 heavy (non-hydrogen) atoms. The van der Waals surface area contributed by atoms with Crippen molar-refractivity contribution < 1.29 is 15.0 Å². The molecule has 0 saturated carbocycles. The molecule has 0 amide bonds. The molecule has 4 unspecified atom stereocenters. The third kappa shape index (κ3) is 2.33. The Balaban J connectivity index is 2.34. The Hall–Kier alpha value is -0.830. The van der Waals surface area contributed by atoms with Crippen LogP contribution in [0.2, 0.25) is 0 Å². The summed E-state index contributed by atoms with van der Waals surface area (Å²) in [4.78, 5) is 11.3. The largest absolute Gasteiger partial charge is 0.481 e. The fourth-order valence-electron chi connectivity index (χ4n) is 3.77. The molecule has 2 N–H and O–H groups in total. The molecular formula is C15H24O3. The van der Waals surface area contributed by atoms with Crippen LogP contribution in [0.25, 0.3) is 0 Å². The Bertz CT molecular complexity index is 359. The second-order valence-electron chi connectivity index (χ2n) is 5.99. The summed E-state index contributed by atoms with van der Waals surface area (Å²) < 4.78 is 0. The summed E-state index contributed by atoms with van der Waals surface area (Å²) >= 11 is 0. The number of aliphatic hydroxyl groups excluding tert-OH is 1. The number of hydrogen-bond acceptors (Lipinski definition) is 2. The molecule has 3 nitrogen and oxygen atoms in total. The molecule has 2 aliphatic carbocycles. The molecule has 0 bridgehead atoms. The van der Waals surface area contributed by atoms with E-state index in [0.29, 0.717) is 11.8 Å². The van der Waals surface area contributed by atoms with Crippen molar-refractivity contribution in [3.8, 4) is 0 Å². The summed E-state index contributed by atoms with van der Waals surface area (Å²) in [5, 5.41) is 18.7. The summed E-state index contributed by atoms with van der Waals surface area (Å²) in [7, 11) is 0. The van der Waals surface area contributed by atoms with Crippen LogP contribution in [-0.4, -0.2) is 22.8 Å². The number of aliphatic carboxylic acids is 1. The van der Waals surface area contributed by atoms with Gasteiger partial charge in [-0.05, 0) is 49.9 Å².